The second-order valence-corrected chi connectivity index (χ2v) is 9.52. The van der Waals surface area contributed by atoms with Gasteiger partial charge in [0, 0.05) is 17.5 Å². The van der Waals surface area contributed by atoms with Gasteiger partial charge in [0.15, 0.2) is 0 Å². The van der Waals surface area contributed by atoms with Crippen molar-refractivity contribution in [2.75, 3.05) is 10.0 Å². The van der Waals surface area contributed by atoms with E-state index in [0.29, 0.717) is 11.6 Å². The fourth-order valence-corrected chi connectivity index (χ4v) is 5.91. The molecule has 0 bridgehead atoms. The van der Waals surface area contributed by atoms with Crippen LogP contribution in [0.15, 0.2) is 29.2 Å². The summed E-state index contributed by atoms with van der Waals surface area (Å²) in [6.07, 6.45) is 2.48. The quantitative estimate of drug-likeness (QED) is 0.706. The van der Waals surface area contributed by atoms with Crippen molar-refractivity contribution >= 4 is 43.9 Å². The molecule has 0 aliphatic heterocycles. The molecule has 7 nitrogen and oxygen atoms in total. The molecule has 3 rings (SSSR count). The van der Waals surface area contributed by atoms with Crippen molar-refractivity contribution in [3.05, 3.63) is 40.3 Å². The molecular weight excluding hydrogens is 386 g/mol. The molecule has 144 valence electrons. The van der Waals surface area contributed by atoms with Gasteiger partial charge in [0.05, 0.1) is 10.5 Å². The molecule has 0 spiro atoms. The second-order valence-electron chi connectivity index (χ2n) is 6.73. The maximum atomic E-state index is 12.7. The summed E-state index contributed by atoms with van der Waals surface area (Å²) >= 11 is 1.28. The minimum atomic E-state index is -3.89. The van der Waals surface area contributed by atoms with E-state index >= 15 is 0 Å². The lowest BCUT2D eigenvalue weighted by atomic mass is 9.88. The number of anilines is 2. The van der Waals surface area contributed by atoms with E-state index in [9.17, 15) is 18.0 Å². The third-order valence-electron chi connectivity index (χ3n) is 4.47. The fraction of sp³-hybridized carbons (Fsp3) is 0.333. The molecule has 4 N–H and O–H groups in total. The topological polar surface area (TPSA) is 118 Å². The van der Waals surface area contributed by atoms with Crippen LogP contribution in [0.1, 0.15) is 41.1 Å². The van der Waals surface area contributed by atoms with Crippen LogP contribution in [-0.4, -0.2) is 20.2 Å². The van der Waals surface area contributed by atoms with Gasteiger partial charge in [-0.2, -0.15) is 0 Å². The standard InChI is InChI=1S/C18H21N3O4S2/c1-10-3-8-14-15(9-10)26-18(16(14)17(19)23)21-27(24,25)13-6-4-12(5-7-13)20-11(2)22/h4-7,10,21H,3,8-9H2,1-2H3,(H2,19,23)(H,20,22)/t10-/m0/s1. The maximum Gasteiger partial charge on any atom is 0.262 e. The van der Waals surface area contributed by atoms with Gasteiger partial charge in [-0.3, -0.25) is 14.3 Å². The highest BCUT2D eigenvalue weighted by Crippen LogP contribution is 2.40. The summed E-state index contributed by atoms with van der Waals surface area (Å²) in [6, 6.07) is 5.80. The monoisotopic (exact) mass is 407 g/mol. The van der Waals surface area contributed by atoms with Crippen molar-refractivity contribution < 1.29 is 18.0 Å². The molecule has 1 aliphatic carbocycles. The second kappa shape index (κ2) is 7.32. The smallest absolute Gasteiger partial charge is 0.262 e. The van der Waals surface area contributed by atoms with Gasteiger partial charge in [0.2, 0.25) is 5.91 Å². The van der Waals surface area contributed by atoms with E-state index in [1.165, 1.54) is 42.5 Å². The molecule has 0 saturated heterocycles. The van der Waals surface area contributed by atoms with E-state index in [0.717, 1.165) is 29.7 Å². The predicted octanol–water partition coefficient (Wildman–Crippen LogP) is 2.73. The summed E-state index contributed by atoms with van der Waals surface area (Å²) in [5.41, 5.74) is 7.18. The van der Waals surface area contributed by atoms with E-state index in [1.54, 1.807) is 0 Å². The van der Waals surface area contributed by atoms with E-state index in [-0.39, 0.29) is 21.4 Å². The van der Waals surface area contributed by atoms with Crippen molar-refractivity contribution in [1.82, 2.24) is 0 Å². The average Bonchev–Trinajstić information content (AvgIpc) is 2.90. The Labute approximate surface area is 162 Å². The fourth-order valence-electron chi connectivity index (χ4n) is 3.18. The summed E-state index contributed by atoms with van der Waals surface area (Å²) in [4.78, 5) is 24.1. The summed E-state index contributed by atoms with van der Waals surface area (Å²) in [6.45, 7) is 3.50. The summed E-state index contributed by atoms with van der Waals surface area (Å²) in [5, 5.41) is 2.85. The van der Waals surface area contributed by atoms with Crippen LogP contribution in [0.5, 0.6) is 0 Å². The highest BCUT2D eigenvalue weighted by atomic mass is 32.2. The minimum Gasteiger partial charge on any atom is -0.365 e. The number of hydrogen-bond donors (Lipinski definition) is 3. The van der Waals surface area contributed by atoms with Gasteiger partial charge in [-0.25, -0.2) is 8.42 Å². The molecule has 0 saturated carbocycles. The number of fused-ring (bicyclic) bond motifs is 1. The molecule has 2 aromatic rings. The Hall–Kier alpha value is -2.39. The first-order chi connectivity index (χ1) is 12.7. The molecule has 0 unspecified atom stereocenters. The van der Waals surface area contributed by atoms with Gasteiger partial charge in [-0.05, 0) is 55.0 Å². The summed E-state index contributed by atoms with van der Waals surface area (Å²) < 4.78 is 28.0. The Morgan fingerprint density at radius 3 is 2.48 bits per heavy atom. The van der Waals surface area contributed by atoms with Crippen LogP contribution in [0, 0.1) is 5.92 Å². The van der Waals surface area contributed by atoms with Crippen molar-refractivity contribution in [3.63, 3.8) is 0 Å². The zero-order valence-corrected chi connectivity index (χ0v) is 16.7. The van der Waals surface area contributed by atoms with Crippen LogP contribution in [0.2, 0.25) is 0 Å². The molecule has 0 radical (unpaired) electrons. The lowest BCUT2D eigenvalue weighted by Gasteiger charge is -2.18. The largest absolute Gasteiger partial charge is 0.365 e. The van der Waals surface area contributed by atoms with Crippen LogP contribution >= 0.6 is 11.3 Å². The molecule has 1 heterocycles. The molecule has 0 fully saturated rings. The SMILES string of the molecule is CC(=O)Nc1ccc(S(=O)(=O)Nc2sc3c(c2C(N)=O)CC[C@H](C)C3)cc1. The number of amides is 2. The average molecular weight is 408 g/mol. The molecule has 9 heteroatoms. The van der Waals surface area contributed by atoms with Crippen LogP contribution in [0.3, 0.4) is 0 Å². The number of hydrogen-bond acceptors (Lipinski definition) is 5. The number of nitrogens with two attached hydrogens (primary N) is 1. The molecular formula is C18H21N3O4S2. The Bertz CT molecular complexity index is 994. The normalized spacial score (nSPS) is 16.4. The lowest BCUT2D eigenvalue weighted by molar-refractivity contribution is -0.114. The van der Waals surface area contributed by atoms with Gasteiger partial charge < -0.3 is 11.1 Å². The predicted molar refractivity (Wildman–Crippen MR) is 106 cm³/mol. The highest BCUT2D eigenvalue weighted by Gasteiger charge is 2.28. The molecule has 1 aliphatic rings. The summed E-state index contributed by atoms with van der Waals surface area (Å²) in [7, 11) is -3.89. The summed E-state index contributed by atoms with van der Waals surface area (Å²) in [5.74, 6) is -0.378. The van der Waals surface area contributed by atoms with Crippen molar-refractivity contribution in [3.8, 4) is 0 Å². The first-order valence-electron chi connectivity index (χ1n) is 8.52. The number of rotatable bonds is 5. The van der Waals surface area contributed by atoms with Gasteiger partial charge in [-0.1, -0.05) is 6.92 Å². The number of benzene rings is 1. The van der Waals surface area contributed by atoms with Crippen LogP contribution < -0.4 is 15.8 Å². The third kappa shape index (κ3) is 4.14. The Morgan fingerprint density at radius 1 is 1.22 bits per heavy atom. The van der Waals surface area contributed by atoms with Gasteiger partial charge in [-0.15, -0.1) is 11.3 Å². The van der Waals surface area contributed by atoms with Crippen LogP contribution in [0.25, 0.3) is 0 Å². The molecule has 1 atom stereocenters. The van der Waals surface area contributed by atoms with Gasteiger partial charge in [0.25, 0.3) is 15.9 Å². The number of carbonyl (C=O) groups excluding carboxylic acids is 2. The van der Waals surface area contributed by atoms with Crippen LogP contribution in [0.4, 0.5) is 10.7 Å². The number of sulfonamides is 1. The van der Waals surface area contributed by atoms with Gasteiger partial charge in [0.1, 0.15) is 5.00 Å². The van der Waals surface area contributed by atoms with E-state index in [1.807, 2.05) is 0 Å². The molecule has 1 aromatic carbocycles. The van der Waals surface area contributed by atoms with Crippen molar-refractivity contribution in [1.29, 1.82) is 0 Å². The Morgan fingerprint density at radius 2 is 1.89 bits per heavy atom. The van der Waals surface area contributed by atoms with E-state index in [2.05, 4.69) is 17.0 Å². The molecule has 1 aromatic heterocycles. The first kappa shape index (κ1) is 19.4. The number of thiophene rings is 1. The van der Waals surface area contributed by atoms with Crippen molar-refractivity contribution in [2.24, 2.45) is 11.7 Å². The number of nitrogens with one attached hydrogen (secondary N) is 2. The zero-order chi connectivity index (χ0) is 19.8. The molecule has 27 heavy (non-hydrogen) atoms. The van der Waals surface area contributed by atoms with Gasteiger partial charge >= 0.3 is 0 Å². The highest BCUT2D eigenvalue weighted by molar-refractivity contribution is 7.93. The maximum absolute atomic E-state index is 12.7. The van der Waals surface area contributed by atoms with Crippen molar-refractivity contribution in [2.45, 2.75) is 38.0 Å². The minimum absolute atomic E-state index is 0.0340. The Balaban J connectivity index is 1.92. The molecule has 2 amide bonds. The lowest BCUT2D eigenvalue weighted by Crippen LogP contribution is -2.19. The van der Waals surface area contributed by atoms with E-state index < -0.39 is 15.9 Å². The van der Waals surface area contributed by atoms with E-state index in [4.69, 9.17) is 5.73 Å². The first-order valence-corrected chi connectivity index (χ1v) is 10.8. The number of carbonyl (C=O) groups is 2. The Kier molecular flexibility index (Phi) is 5.25. The number of primary amides is 1. The third-order valence-corrected chi connectivity index (χ3v) is 7.13. The zero-order valence-electron chi connectivity index (χ0n) is 15.0. The van der Waals surface area contributed by atoms with Crippen LogP contribution in [-0.2, 0) is 27.7 Å².